The number of methoxy groups -OCH3 is 1. The molecular weight excluding hydrogens is 430 g/mol. The first kappa shape index (κ1) is 21.8. The number of ether oxygens (including phenoxy) is 2. The molecule has 30 heavy (non-hydrogen) atoms. The van der Waals surface area contributed by atoms with E-state index in [0.29, 0.717) is 37.1 Å². The number of anilines is 1. The fourth-order valence-corrected chi connectivity index (χ4v) is 4.15. The largest absolute Gasteiger partial charge is 0.495 e. The highest BCUT2D eigenvalue weighted by atomic mass is 35.5. The quantitative estimate of drug-likeness (QED) is 0.574. The monoisotopic (exact) mass is 449 g/mol. The number of aryl methyl sites for hydroxylation is 1. The molecule has 2 heterocycles. The summed E-state index contributed by atoms with van der Waals surface area (Å²) < 4.78 is 11.5. The van der Waals surface area contributed by atoms with Gasteiger partial charge in [-0.1, -0.05) is 11.6 Å². The highest BCUT2D eigenvalue weighted by Gasteiger charge is 2.24. The van der Waals surface area contributed by atoms with Crippen molar-refractivity contribution < 1.29 is 19.1 Å². The molecule has 158 valence electrons. The summed E-state index contributed by atoms with van der Waals surface area (Å²) in [7, 11) is 1.48. The van der Waals surface area contributed by atoms with Crippen molar-refractivity contribution in [2.45, 2.75) is 26.8 Å². The van der Waals surface area contributed by atoms with Gasteiger partial charge in [-0.05, 0) is 44.5 Å². The van der Waals surface area contributed by atoms with Crippen LogP contribution in [0.25, 0.3) is 10.2 Å². The average molecular weight is 450 g/mol. The Morgan fingerprint density at radius 1 is 1.37 bits per heavy atom. The number of carbonyl (C=O) groups excluding carboxylic acids is 2. The van der Waals surface area contributed by atoms with Crippen molar-refractivity contribution in [1.82, 2.24) is 9.55 Å². The van der Waals surface area contributed by atoms with Crippen molar-refractivity contribution in [3.8, 4) is 5.75 Å². The average Bonchev–Trinajstić information content (AvgIpc) is 3.05. The van der Waals surface area contributed by atoms with Gasteiger partial charge < -0.3 is 14.8 Å². The van der Waals surface area contributed by atoms with Crippen LogP contribution in [0.4, 0.5) is 5.69 Å². The Kier molecular flexibility index (Phi) is 6.42. The molecule has 3 aromatic rings. The second kappa shape index (κ2) is 8.85. The van der Waals surface area contributed by atoms with Crippen LogP contribution < -0.4 is 15.6 Å². The lowest BCUT2D eigenvalue weighted by molar-refractivity contribution is -0.118. The smallest absolute Gasteiger partial charge is 0.348 e. The first-order valence-electron chi connectivity index (χ1n) is 9.10. The maximum Gasteiger partial charge on any atom is 0.348 e. The van der Waals surface area contributed by atoms with Gasteiger partial charge in [0.1, 0.15) is 21.5 Å². The highest BCUT2D eigenvalue weighted by molar-refractivity contribution is 7.20. The van der Waals surface area contributed by atoms with E-state index < -0.39 is 23.5 Å². The lowest BCUT2D eigenvalue weighted by Gasteiger charge is -2.16. The number of halogens is 1. The van der Waals surface area contributed by atoms with Crippen LogP contribution in [0.5, 0.6) is 5.75 Å². The maximum atomic E-state index is 13.1. The van der Waals surface area contributed by atoms with Gasteiger partial charge in [0.05, 0.1) is 31.1 Å². The zero-order chi connectivity index (χ0) is 22.0. The van der Waals surface area contributed by atoms with Gasteiger partial charge in [0.25, 0.3) is 5.56 Å². The summed E-state index contributed by atoms with van der Waals surface area (Å²) in [5, 5.41) is 3.45. The molecule has 1 aromatic carbocycles. The van der Waals surface area contributed by atoms with Crippen LogP contribution in [0.15, 0.2) is 29.3 Å². The minimum absolute atomic E-state index is 0.231. The SMILES string of the molecule is CCOC(=O)c1sc2ncn(C(C)C(=O)Nc3cc(Cl)ccc3OC)c(=O)c2c1C. The van der Waals surface area contributed by atoms with Gasteiger partial charge >= 0.3 is 5.97 Å². The molecule has 1 unspecified atom stereocenters. The summed E-state index contributed by atoms with van der Waals surface area (Å²) in [4.78, 5) is 43.0. The van der Waals surface area contributed by atoms with E-state index in [-0.39, 0.29) is 6.61 Å². The van der Waals surface area contributed by atoms with Gasteiger partial charge in [0.15, 0.2) is 0 Å². The number of hydrogen-bond acceptors (Lipinski definition) is 7. The second-order valence-corrected chi connectivity index (χ2v) is 7.86. The summed E-state index contributed by atoms with van der Waals surface area (Å²) in [5.41, 5.74) is 0.467. The number of amides is 1. The van der Waals surface area contributed by atoms with Crippen molar-refractivity contribution in [3.63, 3.8) is 0 Å². The molecular formula is C20H20ClN3O5S. The van der Waals surface area contributed by atoms with Gasteiger partial charge in [-0.15, -0.1) is 11.3 Å². The van der Waals surface area contributed by atoms with Crippen LogP contribution in [0.3, 0.4) is 0 Å². The lowest BCUT2D eigenvalue weighted by Crippen LogP contribution is -2.31. The number of rotatable bonds is 6. The first-order chi connectivity index (χ1) is 14.3. The molecule has 0 radical (unpaired) electrons. The van der Waals surface area contributed by atoms with E-state index in [1.807, 2.05) is 0 Å². The molecule has 1 atom stereocenters. The molecule has 0 aliphatic rings. The number of carbonyl (C=O) groups is 2. The Morgan fingerprint density at radius 3 is 2.77 bits per heavy atom. The molecule has 3 rings (SSSR count). The normalized spacial score (nSPS) is 11.9. The molecule has 0 bridgehead atoms. The molecule has 0 spiro atoms. The number of aromatic nitrogens is 2. The summed E-state index contributed by atoms with van der Waals surface area (Å²) in [6, 6.07) is 3.96. The first-order valence-corrected chi connectivity index (χ1v) is 10.3. The number of nitrogens with zero attached hydrogens (tertiary/aromatic N) is 2. The Bertz CT molecular complexity index is 1190. The molecule has 0 saturated carbocycles. The molecule has 1 amide bonds. The number of thiophene rings is 1. The number of fused-ring (bicyclic) bond motifs is 1. The number of benzene rings is 1. The summed E-state index contributed by atoms with van der Waals surface area (Å²) in [5.74, 6) is -0.506. The van der Waals surface area contributed by atoms with Crippen molar-refractivity contribution in [1.29, 1.82) is 0 Å². The topological polar surface area (TPSA) is 99.5 Å². The third kappa shape index (κ3) is 4.03. The fourth-order valence-electron chi connectivity index (χ4n) is 2.95. The van der Waals surface area contributed by atoms with Crippen molar-refractivity contribution in [2.24, 2.45) is 0 Å². The van der Waals surface area contributed by atoms with E-state index in [9.17, 15) is 14.4 Å². The predicted octanol–water partition coefficient (Wildman–Crippen LogP) is 3.80. The molecule has 0 aliphatic carbocycles. The van der Waals surface area contributed by atoms with Crippen LogP contribution in [0, 0.1) is 6.92 Å². The fraction of sp³-hybridized carbons (Fsp3) is 0.300. The molecule has 10 heteroatoms. The third-order valence-corrected chi connectivity index (χ3v) is 5.97. The van der Waals surface area contributed by atoms with Gasteiger partial charge in [-0.2, -0.15) is 0 Å². The van der Waals surface area contributed by atoms with E-state index in [1.54, 1.807) is 39.0 Å². The standard InChI is InChI=1S/C20H20ClN3O5S/c1-5-29-20(27)16-10(2)15-18(30-16)22-9-24(19(15)26)11(3)17(25)23-13-8-12(21)6-7-14(13)28-4/h6-9,11H,5H2,1-4H3,(H,23,25). The molecule has 8 nitrogen and oxygen atoms in total. The Hall–Kier alpha value is -2.91. The van der Waals surface area contributed by atoms with E-state index in [4.69, 9.17) is 21.1 Å². The zero-order valence-corrected chi connectivity index (χ0v) is 18.4. The van der Waals surface area contributed by atoms with Crippen LogP contribution in [0.2, 0.25) is 5.02 Å². The van der Waals surface area contributed by atoms with Gasteiger partial charge in [0, 0.05) is 5.02 Å². The number of nitrogens with one attached hydrogen (secondary N) is 1. The molecule has 1 N–H and O–H groups in total. The van der Waals surface area contributed by atoms with Crippen LogP contribution in [-0.4, -0.2) is 35.1 Å². The third-order valence-electron chi connectivity index (χ3n) is 4.55. The van der Waals surface area contributed by atoms with Crippen molar-refractivity contribution in [2.75, 3.05) is 19.0 Å². The van der Waals surface area contributed by atoms with Crippen LogP contribution in [0.1, 0.15) is 35.1 Å². The van der Waals surface area contributed by atoms with Crippen molar-refractivity contribution >= 4 is 50.7 Å². The van der Waals surface area contributed by atoms with E-state index in [1.165, 1.54) is 18.0 Å². The molecule has 0 aliphatic heterocycles. The highest BCUT2D eigenvalue weighted by Crippen LogP contribution is 2.29. The Balaban J connectivity index is 1.96. The lowest BCUT2D eigenvalue weighted by atomic mass is 10.2. The zero-order valence-electron chi connectivity index (χ0n) is 16.8. The van der Waals surface area contributed by atoms with Crippen LogP contribution >= 0.6 is 22.9 Å². The number of hydrogen-bond donors (Lipinski definition) is 1. The second-order valence-electron chi connectivity index (χ2n) is 6.42. The predicted molar refractivity (Wildman–Crippen MR) is 116 cm³/mol. The van der Waals surface area contributed by atoms with Gasteiger partial charge in [0.2, 0.25) is 5.91 Å². The van der Waals surface area contributed by atoms with E-state index in [2.05, 4.69) is 10.3 Å². The Morgan fingerprint density at radius 2 is 2.10 bits per heavy atom. The van der Waals surface area contributed by atoms with Gasteiger partial charge in [-0.3, -0.25) is 14.2 Å². The maximum absolute atomic E-state index is 13.1. The van der Waals surface area contributed by atoms with E-state index in [0.717, 1.165) is 11.3 Å². The van der Waals surface area contributed by atoms with Gasteiger partial charge in [-0.25, -0.2) is 9.78 Å². The molecule has 2 aromatic heterocycles. The summed E-state index contributed by atoms with van der Waals surface area (Å²) in [6.07, 6.45) is 1.30. The van der Waals surface area contributed by atoms with E-state index >= 15 is 0 Å². The number of esters is 1. The summed E-state index contributed by atoms with van der Waals surface area (Å²) in [6.45, 7) is 5.19. The molecule has 0 saturated heterocycles. The molecule has 0 fully saturated rings. The van der Waals surface area contributed by atoms with Crippen molar-refractivity contribution in [3.05, 3.63) is 50.3 Å². The minimum Gasteiger partial charge on any atom is -0.495 e. The Labute approximate surface area is 181 Å². The van der Waals surface area contributed by atoms with Crippen LogP contribution in [-0.2, 0) is 9.53 Å². The minimum atomic E-state index is -0.872. The summed E-state index contributed by atoms with van der Waals surface area (Å²) >= 11 is 7.10.